The number of aromatic nitrogens is 1. The smallest absolute Gasteiger partial charge is 0.0487 e. The minimum Gasteiger partial charge on any atom is -0.323 e. The Kier molecular flexibility index (Phi) is 3.16. The molecule has 1 heteroatoms. The summed E-state index contributed by atoms with van der Waals surface area (Å²) in [6, 6.07) is 6.59. The van der Waals surface area contributed by atoms with Gasteiger partial charge in [0, 0.05) is 17.9 Å². The van der Waals surface area contributed by atoms with Gasteiger partial charge in [0.25, 0.3) is 0 Å². The zero-order valence-electron chi connectivity index (χ0n) is 12.4. The molecule has 0 N–H and O–H groups in total. The lowest BCUT2D eigenvalue weighted by atomic mass is 9.77. The Hall–Kier alpha value is -1.24. The van der Waals surface area contributed by atoms with E-state index >= 15 is 0 Å². The second-order valence-corrected chi connectivity index (χ2v) is 7.03. The summed E-state index contributed by atoms with van der Waals surface area (Å²) in [5.74, 6) is 0.773. The third-order valence-electron chi connectivity index (χ3n) is 4.55. The van der Waals surface area contributed by atoms with E-state index in [4.69, 9.17) is 0 Å². The molecule has 1 aliphatic carbocycles. The molecule has 1 aliphatic rings. The van der Waals surface area contributed by atoms with E-state index < -0.39 is 0 Å². The molecule has 2 aromatic rings. The number of hydrogen-bond donors (Lipinski definition) is 0. The first-order chi connectivity index (χ1) is 9.07. The molecule has 1 fully saturated rings. The van der Waals surface area contributed by atoms with Crippen molar-refractivity contribution < 1.29 is 0 Å². The summed E-state index contributed by atoms with van der Waals surface area (Å²) in [5.41, 5.74) is 4.84. The molecule has 0 aromatic carbocycles. The molecule has 2 aromatic heterocycles. The van der Waals surface area contributed by atoms with Gasteiger partial charge >= 0.3 is 0 Å². The van der Waals surface area contributed by atoms with Gasteiger partial charge in [-0.2, -0.15) is 0 Å². The molecule has 2 heterocycles. The molecule has 0 radical (unpaired) electrons. The summed E-state index contributed by atoms with van der Waals surface area (Å²) < 4.78 is 2.32. The van der Waals surface area contributed by atoms with Gasteiger partial charge in [-0.15, -0.1) is 0 Å². The van der Waals surface area contributed by atoms with E-state index in [1.54, 1.807) is 11.1 Å². The molecule has 1 saturated carbocycles. The monoisotopic (exact) mass is 255 g/mol. The highest BCUT2D eigenvalue weighted by Gasteiger charge is 2.27. The first kappa shape index (κ1) is 12.8. The van der Waals surface area contributed by atoms with Crippen LogP contribution in [0.15, 0.2) is 30.6 Å². The second kappa shape index (κ2) is 4.70. The molecule has 19 heavy (non-hydrogen) atoms. The van der Waals surface area contributed by atoms with E-state index in [1.807, 2.05) is 0 Å². The van der Waals surface area contributed by atoms with Crippen molar-refractivity contribution in [2.45, 2.75) is 64.2 Å². The largest absolute Gasteiger partial charge is 0.323 e. The SMILES string of the molecule is CC(C)(C)c1cn2ccccc2c1C1CCCCC1. The van der Waals surface area contributed by atoms with Gasteiger partial charge in [0.1, 0.15) is 0 Å². The third kappa shape index (κ3) is 2.31. The molecule has 0 aliphatic heterocycles. The van der Waals surface area contributed by atoms with Crippen LogP contribution in [0.1, 0.15) is 69.9 Å². The van der Waals surface area contributed by atoms with Crippen molar-refractivity contribution in [2.75, 3.05) is 0 Å². The Bertz CT molecular complexity index is 565. The van der Waals surface area contributed by atoms with Gasteiger partial charge in [-0.3, -0.25) is 0 Å². The third-order valence-corrected chi connectivity index (χ3v) is 4.55. The fourth-order valence-corrected chi connectivity index (χ4v) is 3.56. The number of fused-ring (bicyclic) bond motifs is 1. The Labute approximate surface area is 116 Å². The van der Waals surface area contributed by atoms with Crippen LogP contribution in [-0.4, -0.2) is 4.40 Å². The molecule has 3 rings (SSSR count). The Morgan fingerprint density at radius 1 is 1.05 bits per heavy atom. The minimum absolute atomic E-state index is 0.235. The summed E-state index contributed by atoms with van der Waals surface area (Å²) in [6.45, 7) is 7.02. The van der Waals surface area contributed by atoms with Crippen LogP contribution in [-0.2, 0) is 5.41 Å². The van der Waals surface area contributed by atoms with Crippen LogP contribution in [0.3, 0.4) is 0 Å². The van der Waals surface area contributed by atoms with Crippen LogP contribution in [0.2, 0.25) is 0 Å². The summed E-state index contributed by atoms with van der Waals surface area (Å²) in [4.78, 5) is 0. The fourth-order valence-electron chi connectivity index (χ4n) is 3.56. The quantitative estimate of drug-likeness (QED) is 0.652. The lowest BCUT2D eigenvalue weighted by molar-refractivity contribution is 0.438. The average Bonchev–Trinajstić information content (AvgIpc) is 2.79. The summed E-state index contributed by atoms with van der Waals surface area (Å²) in [5, 5.41) is 0. The highest BCUT2D eigenvalue weighted by Crippen LogP contribution is 2.41. The number of pyridine rings is 1. The number of hydrogen-bond acceptors (Lipinski definition) is 0. The van der Waals surface area contributed by atoms with Crippen molar-refractivity contribution in [1.82, 2.24) is 4.40 Å². The van der Waals surface area contributed by atoms with Crippen LogP contribution in [0.5, 0.6) is 0 Å². The maximum atomic E-state index is 2.36. The summed E-state index contributed by atoms with van der Waals surface area (Å²) in [7, 11) is 0. The van der Waals surface area contributed by atoms with Gasteiger partial charge < -0.3 is 4.40 Å². The molecule has 0 atom stereocenters. The molecule has 0 bridgehead atoms. The Morgan fingerprint density at radius 3 is 2.47 bits per heavy atom. The first-order valence-corrected chi connectivity index (χ1v) is 7.67. The summed E-state index contributed by atoms with van der Waals surface area (Å²) >= 11 is 0. The zero-order chi connectivity index (χ0) is 13.5. The molecule has 0 unspecified atom stereocenters. The predicted molar refractivity (Wildman–Crippen MR) is 81.9 cm³/mol. The van der Waals surface area contributed by atoms with Crippen LogP contribution in [0.4, 0.5) is 0 Å². The molecule has 0 saturated heterocycles. The van der Waals surface area contributed by atoms with E-state index in [2.05, 4.69) is 55.8 Å². The molecular formula is C18H25N. The molecule has 0 spiro atoms. The normalized spacial score (nSPS) is 18.1. The molecule has 1 nitrogen and oxygen atoms in total. The highest BCUT2D eigenvalue weighted by molar-refractivity contribution is 5.62. The van der Waals surface area contributed by atoms with Gasteiger partial charge in [-0.05, 0) is 47.4 Å². The first-order valence-electron chi connectivity index (χ1n) is 7.67. The van der Waals surface area contributed by atoms with Gasteiger partial charge in [-0.1, -0.05) is 46.1 Å². The van der Waals surface area contributed by atoms with Crippen LogP contribution >= 0.6 is 0 Å². The predicted octanol–water partition coefficient (Wildman–Crippen LogP) is 5.28. The van der Waals surface area contributed by atoms with Gasteiger partial charge in [0.2, 0.25) is 0 Å². The zero-order valence-corrected chi connectivity index (χ0v) is 12.4. The van der Waals surface area contributed by atoms with Crippen LogP contribution < -0.4 is 0 Å². The van der Waals surface area contributed by atoms with Gasteiger partial charge in [0.05, 0.1) is 0 Å². The van der Waals surface area contributed by atoms with Crippen molar-refractivity contribution in [1.29, 1.82) is 0 Å². The van der Waals surface area contributed by atoms with Crippen molar-refractivity contribution >= 4 is 5.52 Å². The maximum absolute atomic E-state index is 2.36. The van der Waals surface area contributed by atoms with E-state index in [0.29, 0.717) is 0 Å². The van der Waals surface area contributed by atoms with Crippen LogP contribution in [0, 0.1) is 0 Å². The molecule has 102 valence electrons. The van der Waals surface area contributed by atoms with Crippen molar-refractivity contribution in [2.24, 2.45) is 0 Å². The van der Waals surface area contributed by atoms with Gasteiger partial charge in [-0.25, -0.2) is 0 Å². The standard InChI is InChI=1S/C18H25N/c1-18(2,3)15-13-19-12-8-7-11-16(19)17(15)14-9-5-4-6-10-14/h7-8,11-14H,4-6,9-10H2,1-3H3. The maximum Gasteiger partial charge on any atom is 0.0487 e. The second-order valence-electron chi connectivity index (χ2n) is 7.03. The molecule has 0 amide bonds. The highest BCUT2D eigenvalue weighted by atomic mass is 14.9. The lowest BCUT2D eigenvalue weighted by Crippen LogP contribution is -2.15. The van der Waals surface area contributed by atoms with E-state index in [1.165, 1.54) is 37.6 Å². The Morgan fingerprint density at radius 2 is 1.79 bits per heavy atom. The van der Waals surface area contributed by atoms with Crippen LogP contribution in [0.25, 0.3) is 5.52 Å². The van der Waals surface area contributed by atoms with Crippen molar-refractivity contribution in [3.8, 4) is 0 Å². The van der Waals surface area contributed by atoms with Gasteiger partial charge in [0.15, 0.2) is 0 Å². The summed E-state index contributed by atoms with van der Waals surface area (Å²) in [6.07, 6.45) is 11.5. The lowest BCUT2D eigenvalue weighted by Gasteiger charge is -2.27. The van der Waals surface area contributed by atoms with E-state index in [9.17, 15) is 0 Å². The topological polar surface area (TPSA) is 4.41 Å². The Balaban J connectivity index is 2.18. The molecular weight excluding hydrogens is 230 g/mol. The number of rotatable bonds is 1. The van der Waals surface area contributed by atoms with E-state index in [-0.39, 0.29) is 5.41 Å². The van der Waals surface area contributed by atoms with Crippen molar-refractivity contribution in [3.05, 3.63) is 41.7 Å². The fraction of sp³-hybridized carbons (Fsp3) is 0.556. The van der Waals surface area contributed by atoms with Crippen molar-refractivity contribution in [3.63, 3.8) is 0 Å². The number of nitrogens with zero attached hydrogens (tertiary/aromatic N) is 1. The average molecular weight is 255 g/mol. The van der Waals surface area contributed by atoms with E-state index in [0.717, 1.165) is 5.92 Å². The minimum atomic E-state index is 0.235.